The lowest BCUT2D eigenvalue weighted by Crippen LogP contribution is -2.58. The first-order valence-electron chi connectivity index (χ1n) is 24.7. The molecule has 0 saturated carbocycles. The van der Waals surface area contributed by atoms with E-state index >= 15 is 19.2 Å². The lowest BCUT2D eigenvalue weighted by Gasteiger charge is -2.46. The van der Waals surface area contributed by atoms with Crippen LogP contribution in [-0.2, 0) is 53.1 Å². The normalized spacial score (nSPS) is 21.3. The van der Waals surface area contributed by atoms with Crippen molar-refractivity contribution < 1.29 is 67.5 Å². The summed E-state index contributed by atoms with van der Waals surface area (Å²) >= 11 is 0. The van der Waals surface area contributed by atoms with Crippen molar-refractivity contribution in [1.29, 1.82) is 0 Å². The lowest BCUT2D eigenvalue weighted by atomic mass is 9.65. The van der Waals surface area contributed by atoms with E-state index in [1.807, 2.05) is 53.4 Å². The van der Waals surface area contributed by atoms with Gasteiger partial charge in [-0.3, -0.25) is 28.9 Å². The molecule has 0 aromatic heterocycles. The Bertz CT molecular complexity index is 3000. The summed E-state index contributed by atoms with van der Waals surface area (Å²) in [5.74, 6) is -2.77. The van der Waals surface area contributed by atoms with Gasteiger partial charge < -0.3 is 44.5 Å². The zero-order valence-corrected chi connectivity index (χ0v) is 42.4. The second kappa shape index (κ2) is 23.4. The summed E-state index contributed by atoms with van der Waals surface area (Å²) in [6.45, 7) is 2.66. The summed E-state index contributed by atoms with van der Waals surface area (Å²) in [4.78, 5) is 105. The van der Waals surface area contributed by atoms with Gasteiger partial charge in [0.15, 0.2) is 5.92 Å². The molecule has 394 valence electrons. The van der Waals surface area contributed by atoms with Crippen LogP contribution in [0.4, 0.5) is 10.5 Å². The summed E-state index contributed by atoms with van der Waals surface area (Å²) in [5.41, 5.74) is 0.0448. The second-order valence-electron chi connectivity index (χ2n) is 18.7. The monoisotopic (exact) mass is 1030 g/mol. The average Bonchev–Trinajstić information content (AvgIpc) is 3.91. The number of morpholine rings is 1. The number of benzene rings is 5. The number of urea groups is 1. The number of fused-ring (bicyclic) bond motifs is 3. The highest BCUT2D eigenvalue weighted by atomic mass is 16.6. The number of carbonyl (C=O) groups is 7. The minimum Gasteiger partial charge on any atom is -0.491 e. The number of nitrogens with one attached hydrogen (secondary N) is 2. The Hall–Kier alpha value is -8.37. The molecule has 2 saturated heterocycles. The number of imide groups is 1. The summed E-state index contributed by atoms with van der Waals surface area (Å²) in [5, 5.41) is 26.7. The maximum absolute atomic E-state index is 16.7. The molecule has 76 heavy (non-hydrogen) atoms. The molecule has 8 rings (SSSR count). The van der Waals surface area contributed by atoms with Crippen LogP contribution in [0.15, 0.2) is 133 Å². The predicted molar refractivity (Wildman–Crippen MR) is 274 cm³/mol. The summed E-state index contributed by atoms with van der Waals surface area (Å²) < 4.78 is 27.1. The number of anilines is 1. The maximum Gasteiger partial charge on any atom is 0.329 e. The first-order chi connectivity index (χ1) is 36.7. The molecule has 5 aromatic rings. The van der Waals surface area contributed by atoms with Crippen molar-refractivity contribution in [2.75, 3.05) is 46.0 Å². The van der Waals surface area contributed by atoms with E-state index in [2.05, 4.69) is 22.5 Å². The van der Waals surface area contributed by atoms with Gasteiger partial charge >= 0.3 is 29.9 Å². The molecule has 4 N–H and O–H groups in total. The number of esters is 4. The van der Waals surface area contributed by atoms with E-state index in [-0.39, 0.29) is 43.0 Å². The van der Waals surface area contributed by atoms with Gasteiger partial charge in [-0.15, -0.1) is 0 Å². The third-order valence-electron chi connectivity index (χ3n) is 14.1. The van der Waals surface area contributed by atoms with E-state index in [0.717, 1.165) is 19.1 Å². The third-order valence-corrected chi connectivity index (χ3v) is 14.1. The van der Waals surface area contributed by atoms with Crippen LogP contribution in [-0.4, -0.2) is 110 Å². The van der Waals surface area contributed by atoms with Crippen molar-refractivity contribution in [3.05, 3.63) is 167 Å². The minimum absolute atomic E-state index is 0.0264. The van der Waals surface area contributed by atoms with Crippen molar-refractivity contribution in [3.8, 4) is 17.6 Å². The van der Waals surface area contributed by atoms with Gasteiger partial charge in [-0.05, 0) is 64.1 Å². The number of ether oxygens (including phenoxy) is 5. The Labute approximate surface area is 439 Å². The van der Waals surface area contributed by atoms with Gasteiger partial charge in [0.05, 0.1) is 57.7 Å². The Morgan fingerprint density at radius 2 is 1.36 bits per heavy atom. The Kier molecular flexibility index (Phi) is 16.6. The SMILES string of the molecule is COC(=O)C(CC#Cc1ccc2c(c1)[C@]1(C(=O)N2C(=O)N[C@H](C(=O)OC)C(C)C)[C@H](C(=O)NC[C@H](O)c2ccccc2)[C@H]2C(=O)O[C@H](c3ccccc3)[C@H](c3ccccc3)N2[C@@H]1c1ccc(OCCO)cc1)C(=O)OC. The standard InChI is InChI=1S/C58H58N4O14/c1-34(2)46(54(68)74-5)60-57(71)61-43-29-24-35(16-15-23-41(52(66)72-3)53(67)73-4)32-42(43)58(56(61)70)45(51(65)59-33-44(64)36-17-9-6-10-18-36)48-55(69)76-49(38-21-13-8-14-22-38)47(37-19-11-7-12-20-37)62(48)50(58)39-25-27-40(28-26-39)75-31-30-63/h6-14,17-22,24-29,32,34,41,44-50,63-64H,23,30-31,33H2,1-5H3,(H,59,65)(H,60,71)/t44-,45-,46-,47-,48-,49+,50+,58-/m0/s1. The topological polar surface area (TPSA) is 237 Å². The van der Waals surface area contributed by atoms with Crippen LogP contribution in [0.2, 0.25) is 0 Å². The van der Waals surface area contributed by atoms with Gasteiger partial charge in [-0.1, -0.05) is 129 Å². The number of carbonyl (C=O) groups excluding carboxylic acids is 7. The molecule has 8 atom stereocenters. The molecular formula is C58H58N4O14. The zero-order valence-electron chi connectivity index (χ0n) is 42.4. The highest BCUT2D eigenvalue weighted by molar-refractivity contribution is 6.25. The number of methoxy groups -OCH3 is 3. The molecule has 5 aromatic carbocycles. The Balaban J connectivity index is 1.44. The van der Waals surface area contributed by atoms with E-state index in [0.29, 0.717) is 28.0 Å². The average molecular weight is 1040 g/mol. The molecule has 0 radical (unpaired) electrons. The van der Waals surface area contributed by atoms with E-state index < -0.39 is 101 Å². The van der Waals surface area contributed by atoms with Gasteiger partial charge in [0.2, 0.25) is 11.8 Å². The number of aliphatic hydroxyl groups is 2. The molecule has 18 heteroatoms. The Morgan fingerprint density at radius 1 is 0.750 bits per heavy atom. The summed E-state index contributed by atoms with van der Waals surface area (Å²) in [6, 6.07) is 31.7. The quantitative estimate of drug-likeness (QED) is 0.0431. The van der Waals surface area contributed by atoms with Gasteiger partial charge in [-0.2, -0.15) is 0 Å². The molecular weight excluding hydrogens is 977 g/mol. The van der Waals surface area contributed by atoms with Crippen LogP contribution in [0.25, 0.3) is 0 Å². The van der Waals surface area contributed by atoms with E-state index in [1.165, 1.54) is 25.3 Å². The number of nitrogens with zero attached hydrogens (tertiary/aromatic N) is 2. The first kappa shape index (κ1) is 53.9. The van der Waals surface area contributed by atoms with Crippen molar-refractivity contribution in [2.45, 2.75) is 62.1 Å². The Morgan fingerprint density at radius 3 is 1.95 bits per heavy atom. The number of aliphatic hydroxyl groups excluding tert-OH is 2. The van der Waals surface area contributed by atoms with Crippen molar-refractivity contribution in [3.63, 3.8) is 0 Å². The van der Waals surface area contributed by atoms with Crippen LogP contribution in [0.3, 0.4) is 0 Å². The van der Waals surface area contributed by atoms with Gasteiger partial charge in [0, 0.05) is 18.5 Å². The minimum atomic E-state index is -2.29. The van der Waals surface area contributed by atoms with Crippen molar-refractivity contribution in [1.82, 2.24) is 15.5 Å². The smallest absolute Gasteiger partial charge is 0.329 e. The summed E-state index contributed by atoms with van der Waals surface area (Å²) in [7, 11) is 3.41. The number of rotatable bonds is 16. The third kappa shape index (κ3) is 10.2. The zero-order chi connectivity index (χ0) is 54.3. The van der Waals surface area contributed by atoms with Gasteiger partial charge in [0.1, 0.15) is 36.0 Å². The van der Waals surface area contributed by atoms with Crippen LogP contribution in [0, 0.1) is 29.6 Å². The first-order valence-corrected chi connectivity index (χ1v) is 24.7. The number of cyclic esters (lactones) is 1. The van der Waals surface area contributed by atoms with Crippen LogP contribution in [0.5, 0.6) is 5.75 Å². The van der Waals surface area contributed by atoms with Crippen molar-refractivity contribution >= 4 is 47.4 Å². The highest BCUT2D eigenvalue weighted by Gasteiger charge is 2.75. The van der Waals surface area contributed by atoms with E-state index in [9.17, 15) is 24.6 Å². The fraction of sp³-hybridized carbons (Fsp3) is 0.328. The molecule has 0 aliphatic carbocycles. The lowest BCUT2D eigenvalue weighted by molar-refractivity contribution is -0.178. The van der Waals surface area contributed by atoms with E-state index in [1.54, 1.807) is 80.6 Å². The van der Waals surface area contributed by atoms with Crippen LogP contribution in [0.1, 0.15) is 77.9 Å². The molecule has 3 heterocycles. The highest BCUT2D eigenvalue weighted by Crippen LogP contribution is 2.66. The molecule has 4 amide bonds. The number of hydrogen-bond acceptors (Lipinski definition) is 15. The molecule has 3 aliphatic rings. The largest absolute Gasteiger partial charge is 0.491 e. The van der Waals surface area contributed by atoms with Crippen LogP contribution < -0.4 is 20.3 Å². The fourth-order valence-electron chi connectivity index (χ4n) is 10.6. The molecule has 1 spiro atoms. The maximum atomic E-state index is 16.7. The van der Waals surface area contributed by atoms with E-state index in [4.69, 9.17) is 23.7 Å². The molecule has 0 unspecified atom stereocenters. The van der Waals surface area contributed by atoms with Gasteiger partial charge in [0.25, 0.3) is 0 Å². The summed E-state index contributed by atoms with van der Waals surface area (Å²) in [6.07, 6.45) is -2.64. The molecule has 3 aliphatic heterocycles. The molecule has 18 nitrogen and oxygen atoms in total. The van der Waals surface area contributed by atoms with Crippen LogP contribution >= 0.6 is 0 Å². The number of hydrogen-bond donors (Lipinski definition) is 4. The van der Waals surface area contributed by atoms with Gasteiger partial charge in [-0.25, -0.2) is 14.5 Å². The fourth-order valence-corrected chi connectivity index (χ4v) is 10.6. The second-order valence-corrected chi connectivity index (χ2v) is 18.7. The number of amides is 4. The predicted octanol–water partition coefficient (Wildman–Crippen LogP) is 5.18. The molecule has 2 fully saturated rings. The molecule has 0 bridgehead atoms. The van der Waals surface area contributed by atoms with Crippen molar-refractivity contribution in [2.24, 2.45) is 17.8 Å².